The van der Waals surface area contributed by atoms with Gasteiger partial charge < -0.3 is 27.1 Å². The van der Waals surface area contributed by atoms with Crippen LogP contribution in [0.15, 0.2) is 409 Å². The first kappa shape index (κ1) is 65.3. The van der Waals surface area contributed by atoms with E-state index in [0.717, 1.165) is 105 Å². The van der Waals surface area contributed by atoms with Crippen molar-refractivity contribution < 1.29 is 8.83 Å². The van der Waals surface area contributed by atoms with Crippen LogP contribution in [0.4, 0.5) is 0 Å². The van der Waals surface area contributed by atoms with Crippen molar-refractivity contribution in [2.45, 2.75) is 0 Å². The normalized spacial score (nSPS) is 12.3. The number of hydrogen-bond acceptors (Lipinski definition) is 2. The van der Waals surface area contributed by atoms with E-state index in [9.17, 15) is 0 Å². The number of fused-ring (bicyclic) bond motifs is 30. The Morgan fingerprint density at radius 2 is 0.342 bits per heavy atom. The van der Waals surface area contributed by atoms with Crippen LogP contribution in [-0.4, -0.2) is 18.3 Å². The Morgan fingerprint density at radius 3 is 0.767 bits per heavy atom. The Bertz CT molecular complexity index is 9140. The van der Waals surface area contributed by atoms with E-state index >= 15 is 0 Å². The van der Waals surface area contributed by atoms with Crippen LogP contribution >= 0.6 is 0 Å². The van der Waals surface area contributed by atoms with Crippen molar-refractivity contribution in [1.82, 2.24) is 18.3 Å². The Kier molecular flexibility index (Phi) is 13.5. The van der Waals surface area contributed by atoms with Crippen LogP contribution in [0.25, 0.3) is 263 Å². The molecule has 6 heteroatoms. The molecule has 0 aliphatic carbocycles. The lowest BCUT2D eigenvalue weighted by Gasteiger charge is -2.15. The lowest BCUT2D eigenvalue weighted by Crippen LogP contribution is -1.95. The molecule has 0 radical (unpaired) electrons. The van der Waals surface area contributed by atoms with Gasteiger partial charge in [-0.25, -0.2) is 0 Å². The fourth-order valence-corrected chi connectivity index (χ4v) is 20.8. The molecule has 6 heterocycles. The first-order chi connectivity index (χ1) is 59.5. The minimum atomic E-state index is 0.889. The van der Waals surface area contributed by atoms with Gasteiger partial charge in [0.25, 0.3) is 0 Å². The largest absolute Gasteiger partial charge is 0.456 e. The molecule has 0 bridgehead atoms. The number of benzene rings is 21. The zero-order valence-electron chi connectivity index (χ0n) is 64.7. The third kappa shape index (κ3) is 9.44. The van der Waals surface area contributed by atoms with E-state index in [-0.39, 0.29) is 0 Å². The molecule has 27 aromatic rings. The quantitative estimate of drug-likeness (QED) is 0.142. The summed E-state index contributed by atoms with van der Waals surface area (Å²) in [6.07, 6.45) is 0. The van der Waals surface area contributed by atoms with Crippen molar-refractivity contribution in [1.29, 1.82) is 0 Å². The molecule has 0 saturated carbocycles. The van der Waals surface area contributed by atoms with E-state index in [0.29, 0.717) is 0 Å². The molecule has 0 amide bonds. The van der Waals surface area contributed by atoms with Crippen molar-refractivity contribution in [3.05, 3.63) is 400 Å². The van der Waals surface area contributed by atoms with Gasteiger partial charge in [-0.3, -0.25) is 0 Å². The van der Waals surface area contributed by atoms with Gasteiger partial charge in [-0.05, 0) is 261 Å². The molecule has 27 rings (SSSR count). The van der Waals surface area contributed by atoms with Crippen LogP contribution in [0.5, 0.6) is 0 Å². The molecular weight excluding hydrogens is 1460 g/mol. The highest BCUT2D eigenvalue weighted by Gasteiger charge is 2.24. The first-order valence-electron chi connectivity index (χ1n) is 41.3. The van der Waals surface area contributed by atoms with Crippen molar-refractivity contribution in [3.63, 3.8) is 0 Å². The molecule has 0 aliphatic rings. The van der Waals surface area contributed by atoms with Crippen LogP contribution in [0.1, 0.15) is 0 Å². The monoisotopic (exact) mass is 1520 g/mol. The van der Waals surface area contributed by atoms with Crippen molar-refractivity contribution in [2.75, 3.05) is 0 Å². The van der Waals surface area contributed by atoms with E-state index in [1.54, 1.807) is 0 Å². The van der Waals surface area contributed by atoms with E-state index in [1.165, 1.54) is 158 Å². The predicted molar refractivity (Wildman–Crippen MR) is 505 cm³/mol. The second kappa shape index (κ2) is 24.8. The molecule has 0 atom stereocenters. The average Bonchev–Trinajstić information content (AvgIpc) is 1.16. The maximum atomic E-state index is 6.32. The summed E-state index contributed by atoms with van der Waals surface area (Å²) >= 11 is 0. The molecule has 0 spiro atoms. The summed E-state index contributed by atoms with van der Waals surface area (Å²) in [6.45, 7) is 0. The third-order valence-corrected chi connectivity index (χ3v) is 26.3. The van der Waals surface area contributed by atoms with E-state index in [4.69, 9.17) is 8.83 Å². The van der Waals surface area contributed by atoms with Crippen molar-refractivity contribution >= 4 is 196 Å². The smallest absolute Gasteiger partial charge is 0.135 e. The minimum absolute atomic E-state index is 0.889. The number of rotatable bonds is 8. The zero-order chi connectivity index (χ0) is 78.1. The van der Waals surface area contributed by atoms with Gasteiger partial charge in [0, 0.05) is 87.4 Å². The molecular formula is C114H66N4O2. The SMILES string of the molecule is c1ccc2c(c1)oc1ccc(-n3c4ccccc4c4cc(-c5ccc6c7ccccc7n(-c7ccc(-c8ccc9c%10ccc(-c%11ccc%12c(c%11)c%11ccc(-c%13ccc%14c(c%13)c%13ccccc%13n%14-c%13ccc%14oc%15ccccc%15c%14c%13)cc%11n%12-c%11ccc%12c%13ccccc%13c%13ccccc%13c%12c%11)cc%10c%10ccccc%10c9c8)cc7)c6c5)ccc43)cc12. The van der Waals surface area contributed by atoms with Gasteiger partial charge in [-0.1, -0.05) is 249 Å². The fourth-order valence-electron chi connectivity index (χ4n) is 20.8. The fraction of sp³-hybridized carbons (Fsp3) is 0. The van der Waals surface area contributed by atoms with Crippen LogP contribution < -0.4 is 0 Å². The standard InChI is InChI=1S/C114H66N4O2/c1-2-19-81-79(17-1)80-18-3-4-20-82(80)97-64-76(44-51-87(81)97)118-108-54-39-70(59-100(108)92-50-38-74(63-110(92)118)72-41-53-107-99(61-72)90-25-9-14-30-105(90)117(107)78-46-56-114-102(66-78)94-27-11-16-32-112(94)120-114)69-36-48-86-85-47-35-68(57-95(85)83-21-5-6-22-84(83)96(86)58-69)67-33-42-75(43-34-67)115-103-28-12-7-23-88(103)91-49-37-73(62-109(91)115)71-40-52-106-98(60-71)89-24-8-13-29-104(89)116(106)77-45-55-113-101(65-77)93-26-10-15-31-111(93)119-113/h1-66H. The predicted octanol–water partition coefficient (Wildman–Crippen LogP) is 31.5. The van der Waals surface area contributed by atoms with E-state index < -0.39 is 0 Å². The average molecular weight is 1520 g/mol. The number of para-hydroxylation sites is 5. The number of nitrogens with zero attached hydrogens (tertiary/aromatic N) is 4. The second-order valence-corrected chi connectivity index (χ2v) is 32.5. The van der Waals surface area contributed by atoms with Gasteiger partial charge in [0.2, 0.25) is 0 Å². The molecule has 120 heavy (non-hydrogen) atoms. The summed E-state index contributed by atoms with van der Waals surface area (Å²) in [7, 11) is 0. The van der Waals surface area contributed by atoms with Gasteiger partial charge in [-0.15, -0.1) is 0 Å². The second-order valence-electron chi connectivity index (χ2n) is 32.5. The molecule has 6 aromatic heterocycles. The molecule has 0 unspecified atom stereocenters. The Balaban J connectivity index is 0.552. The highest BCUT2D eigenvalue weighted by molar-refractivity contribution is 6.28. The van der Waals surface area contributed by atoms with Gasteiger partial charge in [0.1, 0.15) is 22.3 Å². The topological polar surface area (TPSA) is 46.0 Å². The number of aromatic nitrogens is 4. The van der Waals surface area contributed by atoms with Gasteiger partial charge in [-0.2, -0.15) is 0 Å². The summed E-state index contributed by atoms with van der Waals surface area (Å²) in [4.78, 5) is 0. The summed E-state index contributed by atoms with van der Waals surface area (Å²) < 4.78 is 22.4. The molecule has 554 valence electrons. The highest BCUT2D eigenvalue weighted by atomic mass is 16.3. The molecule has 0 aliphatic heterocycles. The maximum absolute atomic E-state index is 6.32. The van der Waals surface area contributed by atoms with Crippen LogP contribution in [0, 0.1) is 0 Å². The summed E-state index contributed by atoms with van der Waals surface area (Å²) in [5.41, 5.74) is 26.7. The first-order valence-corrected chi connectivity index (χ1v) is 41.3. The molecule has 0 saturated heterocycles. The van der Waals surface area contributed by atoms with E-state index in [2.05, 4.69) is 400 Å². The minimum Gasteiger partial charge on any atom is -0.456 e. The zero-order valence-corrected chi connectivity index (χ0v) is 64.7. The summed E-state index contributed by atoms with van der Waals surface area (Å²) in [5, 5.41) is 29.1. The van der Waals surface area contributed by atoms with Crippen LogP contribution in [-0.2, 0) is 0 Å². The molecule has 0 fully saturated rings. The van der Waals surface area contributed by atoms with Gasteiger partial charge in [0.05, 0.1) is 44.1 Å². The number of hydrogen-bond donors (Lipinski definition) is 0. The van der Waals surface area contributed by atoms with Crippen molar-refractivity contribution in [2.24, 2.45) is 0 Å². The van der Waals surface area contributed by atoms with Gasteiger partial charge >= 0.3 is 0 Å². The Hall–Kier alpha value is -16.0. The maximum Gasteiger partial charge on any atom is 0.135 e. The Morgan fingerprint density at radius 1 is 0.117 bits per heavy atom. The summed E-state index contributed by atoms with van der Waals surface area (Å²) in [5.74, 6) is 0. The number of furan rings is 2. The third-order valence-electron chi connectivity index (χ3n) is 26.3. The van der Waals surface area contributed by atoms with Crippen LogP contribution in [0.3, 0.4) is 0 Å². The lowest BCUT2D eigenvalue weighted by atomic mass is 9.90. The molecule has 0 N–H and O–H groups in total. The molecule has 21 aromatic carbocycles. The molecule has 6 nitrogen and oxygen atoms in total. The summed E-state index contributed by atoms with van der Waals surface area (Å²) in [6, 6.07) is 149. The van der Waals surface area contributed by atoms with Crippen LogP contribution in [0.2, 0.25) is 0 Å². The van der Waals surface area contributed by atoms with Gasteiger partial charge in [0.15, 0.2) is 0 Å². The highest BCUT2D eigenvalue weighted by Crippen LogP contribution is 2.47. The van der Waals surface area contributed by atoms with E-state index in [1.807, 2.05) is 18.2 Å². The lowest BCUT2D eigenvalue weighted by molar-refractivity contribution is 0.668. The van der Waals surface area contributed by atoms with Crippen molar-refractivity contribution in [3.8, 4) is 67.3 Å². The Labute approximate surface area is 685 Å².